The highest BCUT2D eigenvalue weighted by Crippen LogP contribution is 2.29. The Labute approximate surface area is 201 Å². The second kappa shape index (κ2) is 10.8. The number of amides is 1. The van der Waals surface area contributed by atoms with Crippen molar-refractivity contribution >= 4 is 16.0 Å². The molecule has 1 fully saturated rings. The number of ether oxygens (including phenoxy) is 1. The molecule has 7 heteroatoms. The topological polar surface area (TPSA) is 72.9 Å². The van der Waals surface area contributed by atoms with Gasteiger partial charge in [-0.3, -0.25) is 4.79 Å². The van der Waals surface area contributed by atoms with E-state index in [1.165, 1.54) is 0 Å². The molecule has 0 N–H and O–H groups in total. The first kappa shape index (κ1) is 24.0. The van der Waals surface area contributed by atoms with Gasteiger partial charge < -0.3 is 13.8 Å². The molecule has 4 rings (SSSR count). The van der Waals surface area contributed by atoms with E-state index >= 15 is 0 Å². The van der Waals surface area contributed by atoms with Gasteiger partial charge >= 0.3 is 10.1 Å². The van der Waals surface area contributed by atoms with Gasteiger partial charge in [-0.15, -0.1) is 0 Å². The van der Waals surface area contributed by atoms with Gasteiger partial charge in [0.25, 0.3) is 0 Å². The van der Waals surface area contributed by atoms with E-state index < -0.39 is 16.0 Å². The molecule has 1 saturated heterocycles. The lowest BCUT2D eigenvalue weighted by molar-refractivity contribution is -0.134. The van der Waals surface area contributed by atoms with Crippen LogP contribution in [-0.4, -0.2) is 44.7 Å². The smallest absolute Gasteiger partial charge is 0.306 e. The molecular weight excluding hydrogens is 450 g/mol. The maximum Gasteiger partial charge on any atom is 0.306 e. The molecule has 0 aliphatic carbocycles. The highest BCUT2D eigenvalue weighted by molar-refractivity contribution is 7.86. The molecule has 0 saturated carbocycles. The summed E-state index contributed by atoms with van der Waals surface area (Å²) >= 11 is 0. The Bertz CT molecular complexity index is 1140. The molecule has 0 aromatic heterocycles. The molecule has 1 aliphatic rings. The molecule has 0 bridgehead atoms. The van der Waals surface area contributed by atoms with Crippen LogP contribution in [0.25, 0.3) is 0 Å². The predicted molar refractivity (Wildman–Crippen MR) is 131 cm³/mol. The fourth-order valence-corrected chi connectivity index (χ4v) is 4.72. The Morgan fingerprint density at radius 2 is 1.56 bits per heavy atom. The first-order valence-electron chi connectivity index (χ1n) is 11.4. The first-order valence-corrected chi connectivity index (χ1v) is 13.2. The van der Waals surface area contributed by atoms with Crippen LogP contribution in [-0.2, 0) is 26.2 Å². The van der Waals surface area contributed by atoms with Crippen molar-refractivity contribution in [2.24, 2.45) is 0 Å². The number of hydrogen-bond donors (Lipinski definition) is 0. The van der Waals surface area contributed by atoms with Gasteiger partial charge in [0.2, 0.25) is 5.91 Å². The van der Waals surface area contributed by atoms with Crippen LogP contribution >= 0.6 is 0 Å². The van der Waals surface area contributed by atoms with Crippen molar-refractivity contribution in [3.8, 4) is 5.75 Å². The average Bonchev–Trinajstić information content (AvgIpc) is 3.34. The molecule has 1 unspecified atom stereocenters. The standard InChI is InChI=1S/C27H29NO5S/c1-34(30,31)33-24-16-14-21(15-17-24)19-28(20-25-13-8-18-32-25)27(29)26(22-9-4-2-5-10-22)23-11-6-3-7-12-23/h2-7,9-12,14-17,25-26H,8,13,18-20H2,1H3. The van der Waals surface area contributed by atoms with E-state index in [2.05, 4.69) is 0 Å². The number of hydrogen-bond acceptors (Lipinski definition) is 5. The Kier molecular flexibility index (Phi) is 7.65. The van der Waals surface area contributed by atoms with Crippen LogP contribution < -0.4 is 4.18 Å². The van der Waals surface area contributed by atoms with E-state index in [9.17, 15) is 13.2 Å². The number of carbonyl (C=O) groups excluding carboxylic acids is 1. The van der Waals surface area contributed by atoms with Gasteiger partial charge in [0, 0.05) is 19.7 Å². The maximum absolute atomic E-state index is 14.1. The molecule has 1 aliphatic heterocycles. The summed E-state index contributed by atoms with van der Waals surface area (Å²) in [6, 6.07) is 26.4. The second-order valence-corrected chi connectivity index (χ2v) is 10.1. The van der Waals surface area contributed by atoms with E-state index in [0.29, 0.717) is 19.7 Å². The monoisotopic (exact) mass is 479 g/mol. The molecule has 0 spiro atoms. The fourth-order valence-electron chi connectivity index (χ4n) is 4.26. The Balaban J connectivity index is 1.63. The lowest BCUT2D eigenvalue weighted by Gasteiger charge is -2.30. The van der Waals surface area contributed by atoms with Gasteiger partial charge in [-0.1, -0.05) is 72.8 Å². The highest BCUT2D eigenvalue weighted by Gasteiger charge is 2.30. The summed E-state index contributed by atoms with van der Waals surface area (Å²) in [5, 5.41) is 0. The van der Waals surface area contributed by atoms with Gasteiger partial charge in [-0.2, -0.15) is 8.42 Å². The number of nitrogens with zero attached hydrogens (tertiary/aromatic N) is 1. The van der Waals surface area contributed by atoms with Crippen LogP contribution in [0.15, 0.2) is 84.9 Å². The summed E-state index contributed by atoms with van der Waals surface area (Å²) in [5.41, 5.74) is 2.76. The van der Waals surface area contributed by atoms with Gasteiger partial charge in [-0.05, 0) is 41.7 Å². The number of benzene rings is 3. The van der Waals surface area contributed by atoms with Crippen molar-refractivity contribution in [1.29, 1.82) is 0 Å². The van der Waals surface area contributed by atoms with E-state index in [1.807, 2.05) is 65.6 Å². The summed E-state index contributed by atoms with van der Waals surface area (Å²) in [4.78, 5) is 15.9. The minimum atomic E-state index is -3.60. The van der Waals surface area contributed by atoms with Crippen molar-refractivity contribution in [1.82, 2.24) is 4.90 Å². The van der Waals surface area contributed by atoms with Crippen molar-refractivity contribution < 1.29 is 22.1 Å². The molecule has 3 aromatic rings. The molecule has 34 heavy (non-hydrogen) atoms. The zero-order chi connectivity index (χ0) is 24.0. The third kappa shape index (κ3) is 6.46. The van der Waals surface area contributed by atoms with Crippen LogP contribution in [0, 0.1) is 0 Å². The average molecular weight is 480 g/mol. The van der Waals surface area contributed by atoms with Crippen LogP contribution in [0.2, 0.25) is 0 Å². The minimum absolute atomic E-state index is 0.00369. The molecule has 1 heterocycles. The maximum atomic E-state index is 14.1. The molecule has 3 aromatic carbocycles. The molecule has 1 amide bonds. The normalized spacial score (nSPS) is 15.9. The lowest BCUT2D eigenvalue weighted by atomic mass is 9.89. The quantitative estimate of drug-likeness (QED) is 0.426. The summed E-state index contributed by atoms with van der Waals surface area (Å²) in [7, 11) is -3.60. The van der Waals surface area contributed by atoms with Crippen molar-refractivity contribution in [3.63, 3.8) is 0 Å². The van der Waals surface area contributed by atoms with E-state index in [0.717, 1.165) is 35.8 Å². The third-order valence-electron chi connectivity index (χ3n) is 5.82. The molecule has 0 radical (unpaired) electrons. The Hall–Kier alpha value is -3.16. The largest absolute Gasteiger partial charge is 0.383 e. The number of rotatable bonds is 9. The van der Waals surface area contributed by atoms with E-state index in [-0.39, 0.29) is 17.8 Å². The fraction of sp³-hybridized carbons (Fsp3) is 0.296. The zero-order valence-corrected chi connectivity index (χ0v) is 20.0. The summed E-state index contributed by atoms with van der Waals surface area (Å²) in [6.45, 7) is 1.59. The minimum Gasteiger partial charge on any atom is -0.383 e. The van der Waals surface area contributed by atoms with Gasteiger partial charge in [0.1, 0.15) is 5.75 Å². The molecule has 6 nitrogen and oxygen atoms in total. The molecule has 1 atom stereocenters. The lowest BCUT2D eigenvalue weighted by Crippen LogP contribution is -2.40. The summed E-state index contributed by atoms with van der Waals surface area (Å²) < 4.78 is 33.6. The van der Waals surface area contributed by atoms with Gasteiger partial charge in [-0.25, -0.2) is 0 Å². The SMILES string of the molecule is CS(=O)(=O)Oc1ccc(CN(CC2CCCO2)C(=O)C(c2ccccc2)c2ccccc2)cc1. The Morgan fingerprint density at radius 1 is 0.971 bits per heavy atom. The molecular formula is C27H29NO5S. The highest BCUT2D eigenvalue weighted by atomic mass is 32.2. The predicted octanol–water partition coefficient (Wildman–Crippen LogP) is 4.36. The van der Waals surface area contributed by atoms with Gasteiger partial charge in [0.15, 0.2) is 0 Å². The first-order chi connectivity index (χ1) is 16.4. The van der Waals surface area contributed by atoms with Crippen molar-refractivity contribution in [2.45, 2.75) is 31.4 Å². The Morgan fingerprint density at radius 3 is 2.06 bits per heavy atom. The van der Waals surface area contributed by atoms with Crippen LogP contribution in [0.4, 0.5) is 0 Å². The van der Waals surface area contributed by atoms with Crippen LogP contribution in [0.5, 0.6) is 5.75 Å². The van der Waals surface area contributed by atoms with Crippen molar-refractivity contribution in [2.75, 3.05) is 19.4 Å². The van der Waals surface area contributed by atoms with Gasteiger partial charge in [0.05, 0.1) is 18.3 Å². The second-order valence-electron chi connectivity index (χ2n) is 8.54. The number of carbonyl (C=O) groups is 1. The third-order valence-corrected chi connectivity index (χ3v) is 6.31. The van der Waals surface area contributed by atoms with Crippen LogP contribution in [0.3, 0.4) is 0 Å². The summed E-state index contributed by atoms with van der Waals surface area (Å²) in [6.07, 6.45) is 2.93. The molecule has 178 valence electrons. The van der Waals surface area contributed by atoms with E-state index in [1.54, 1.807) is 24.3 Å². The summed E-state index contributed by atoms with van der Waals surface area (Å²) in [5.74, 6) is -0.185. The van der Waals surface area contributed by atoms with Crippen molar-refractivity contribution in [3.05, 3.63) is 102 Å². The zero-order valence-electron chi connectivity index (χ0n) is 19.2. The van der Waals surface area contributed by atoms with E-state index in [4.69, 9.17) is 8.92 Å². The van der Waals surface area contributed by atoms with Crippen LogP contribution in [0.1, 0.15) is 35.4 Å².